The summed E-state index contributed by atoms with van der Waals surface area (Å²) >= 11 is 0.802. The molecule has 0 fully saturated rings. The average molecular weight is 406 g/mol. The first-order valence-corrected chi connectivity index (χ1v) is 10.8. The molecule has 0 radical (unpaired) electrons. The lowest BCUT2D eigenvalue weighted by Crippen LogP contribution is -2.31. The fraction of sp³-hybridized carbons (Fsp3) is 0.500. The Balaban J connectivity index is 2.38. The molecule has 154 valence electrons. The summed E-state index contributed by atoms with van der Waals surface area (Å²) in [6.45, 7) is 4.79. The molecule has 1 unspecified atom stereocenters. The second-order valence-electron chi connectivity index (χ2n) is 6.36. The fourth-order valence-corrected chi connectivity index (χ4v) is 3.20. The highest BCUT2D eigenvalue weighted by Gasteiger charge is 2.27. The Morgan fingerprint density at radius 3 is 2.39 bits per heavy atom. The van der Waals surface area contributed by atoms with Gasteiger partial charge in [-0.15, -0.1) is 0 Å². The maximum absolute atomic E-state index is 12.5. The number of unbranched alkanes of at least 4 members (excludes halogenated alkanes) is 5. The minimum atomic E-state index is -1.17. The van der Waals surface area contributed by atoms with Gasteiger partial charge in [0.15, 0.2) is 11.9 Å². The van der Waals surface area contributed by atoms with E-state index in [9.17, 15) is 14.4 Å². The van der Waals surface area contributed by atoms with Crippen molar-refractivity contribution in [2.24, 2.45) is 0 Å². The van der Waals surface area contributed by atoms with Gasteiger partial charge in [-0.1, -0.05) is 81.1 Å². The second-order valence-corrected chi connectivity index (χ2v) is 7.27. The molecular formula is C22H31NO4S. The van der Waals surface area contributed by atoms with Crippen molar-refractivity contribution in [1.29, 1.82) is 0 Å². The third kappa shape index (κ3) is 9.85. The highest BCUT2D eigenvalue weighted by molar-refractivity contribution is 8.16. The minimum absolute atomic E-state index is 0.240. The summed E-state index contributed by atoms with van der Waals surface area (Å²) in [5.74, 6) is -0.614. The molecule has 0 heterocycles. The van der Waals surface area contributed by atoms with Crippen molar-refractivity contribution in [1.82, 2.24) is 5.32 Å². The van der Waals surface area contributed by atoms with E-state index in [1.165, 1.54) is 37.2 Å². The van der Waals surface area contributed by atoms with Gasteiger partial charge in [0, 0.05) is 24.8 Å². The number of ketones is 1. The number of carbonyl (C=O) groups is 3. The quantitative estimate of drug-likeness (QED) is 0.213. The molecule has 0 spiro atoms. The van der Waals surface area contributed by atoms with E-state index in [1.54, 1.807) is 37.3 Å². The number of nitrogens with one attached hydrogen (secondary N) is 1. The summed E-state index contributed by atoms with van der Waals surface area (Å²) in [5.41, 5.74) is 0.426. The summed E-state index contributed by atoms with van der Waals surface area (Å²) in [6.07, 6.45) is 7.12. The van der Waals surface area contributed by atoms with E-state index in [4.69, 9.17) is 4.74 Å². The van der Waals surface area contributed by atoms with Crippen LogP contribution in [-0.4, -0.2) is 36.1 Å². The molecule has 0 aromatic heterocycles. The van der Waals surface area contributed by atoms with E-state index < -0.39 is 11.2 Å². The minimum Gasteiger partial charge on any atom is -0.362 e. The van der Waals surface area contributed by atoms with Gasteiger partial charge in [0.05, 0.1) is 0 Å². The molecule has 1 atom stereocenters. The molecule has 1 aromatic carbocycles. The lowest BCUT2D eigenvalue weighted by molar-refractivity contribution is -0.118. The molecule has 0 aliphatic rings. The smallest absolute Gasteiger partial charge is 0.244 e. The van der Waals surface area contributed by atoms with E-state index in [0.717, 1.165) is 24.6 Å². The Kier molecular flexibility index (Phi) is 13.0. The van der Waals surface area contributed by atoms with Crippen LogP contribution >= 0.6 is 11.8 Å². The van der Waals surface area contributed by atoms with Crippen LogP contribution < -0.4 is 5.32 Å². The maximum atomic E-state index is 12.5. The van der Waals surface area contributed by atoms with Crippen molar-refractivity contribution in [3.05, 3.63) is 47.4 Å². The summed E-state index contributed by atoms with van der Waals surface area (Å²) in [5, 5.41) is 3.77. The third-order valence-electron chi connectivity index (χ3n) is 4.08. The van der Waals surface area contributed by atoms with Crippen LogP contribution in [0.4, 0.5) is 0 Å². The molecule has 0 bridgehead atoms. The van der Waals surface area contributed by atoms with Crippen LogP contribution in [0.5, 0.6) is 0 Å². The zero-order valence-corrected chi connectivity index (χ0v) is 17.6. The number of Topliss-reactive ketones (excluding diaryl/α,β-unsaturated/α-hetero) is 1. The average Bonchev–Trinajstić information content (AvgIpc) is 2.71. The van der Waals surface area contributed by atoms with Crippen molar-refractivity contribution >= 4 is 28.6 Å². The zero-order valence-electron chi connectivity index (χ0n) is 16.8. The predicted molar refractivity (Wildman–Crippen MR) is 114 cm³/mol. The van der Waals surface area contributed by atoms with Gasteiger partial charge in [-0.3, -0.25) is 14.4 Å². The molecule has 1 aromatic rings. The van der Waals surface area contributed by atoms with Gasteiger partial charge in [-0.2, -0.15) is 0 Å². The molecule has 1 N–H and O–H groups in total. The predicted octanol–water partition coefficient (Wildman–Crippen LogP) is 4.52. The van der Waals surface area contributed by atoms with E-state index in [0.29, 0.717) is 12.1 Å². The van der Waals surface area contributed by atoms with E-state index >= 15 is 0 Å². The van der Waals surface area contributed by atoms with Crippen LogP contribution in [0.25, 0.3) is 0 Å². The van der Waals surface area contributed by atoms with Crippen molar-refractivity contribution in [3.8, 4) is 0 Å². The summed E-state index contributed by atoms with van der Waals surface area (Å²) < 4.78 is 5.34. The van der Waals surface area contributed by atoms with E-state index in [1.807, 2.05) is 0 Å². The first-order chi connectivity index (χ1) is 13.6. The van der Waals surface area contributed by atoms with Crippen molar-refractivity contribution in [2.45, 2.75) is 58.5 Å². The Hall–Kier alpha value is -1.92. The Morgan fingerprint density at radius 1 is 1.04 bits per heavy atom. The highest BCUT2D eigenvalue weighted by atomic mass is 32.2. The fourth-order valence-electron chi connectivity index (χ4n) is 2.57. The summed E-state index contributed by atoms with van der Waals surface area (Å²) in [7, 11) is 0. The van der Waals surface area contributed by atoms with Gasteiger partial charge in [-0.05, 0) is 18.8 Å². The normalized spacial score (nSPS) is 12.1. The van der Waals surface area contributed by atoms with Gasteiger partial charge in [-0.25, -0.2) is 0 Å². The van der Waals surface area contributed by atoms with Gasteiger partial charge >= 0.3 is 0 Å². The second kappa shape index (κ2) is 15.1. The first kappa shape index (κ1) is 24.1. The van der Waals surface area contributed by atoms with Crippen LogP contribution in [-0.2, 0) is 14.3 Å². The van der Waals surface area contributed by atoms with Crippen LogP contribution in [0.3, 0.4) is 0 Å². The van der Waals surface area contributed by atoms with Crippen LogP contribution in [0.2, 0.25) is 0 Å². The number of thioether (sulfide) groups is 1. The number of hydrogen-bond donors (Lipinski definition) is 1. The highest BCUT2D eigenvalue weighted by Crippen LogP contribution is 2.15. The number of hydrogen-bond acceptors (Lipinski definition) is 5. The topological polar surface area (TPSA) is 72.5 Å². The zero-order chi connectivity index (χ0) is 20.6. The van der Waals surface area contributed by atoms with Gasteiger partial charge in [0.1, 0.15) is 0 Å². The van der Waals surface area contributed by atoms with Crippen LogP contribution in [0.1, 0.15) is 62.7 Å². The molecule has 1 amide bonds. The molecule has 0 aliphatic heterocycles. The standard InChI is InChI=1S/C22H31NO4S/c1-3-5-6-7-8-12-16-23-19(24)15-17-28-22(26)21(27-4-2)20(25)18-13-10-9-11-14-18/h9-11,13-15,17,21H,3-8,12,16H2,1-2H3,(H,23,24). The van der Waals surface area contributed by atoms with Gasteiger partial charge in [0.25, 0.3) is 0 Å². The number of amides is 1. The Labute approximate surface area is 172 Å². The number of rotatable bonds is 14. The summed E-state index contributed by atoms with van der Waals surface area (Å²) in [4.78, 5) is 36.6. The van der Waals surface area contributed by atoms with E-state index in [-0.39, 0.29) is 18.3 Å². The Morgan fingerprint density at radius 2 is 1.71 bits per heavy atom. The van der Waals surface area contributed by atoms with E-state index in [2.05, 4.69) is 12.2 Å². The monoisotopic (exact) mass is 405 g/mol. The first-order valence-electron chi connectivity index (χ1n) is 9.95. The maximum Gasteiger partial charge on any atom is 0.244 e. The van der Waals surface area contributed by atoms with Gasteiger partial charge in [0.2, 0.25) is 11.0 Å². The molecule has 0 aliphatic carbocycles. The van der Waals surface area contributed by atoms with Gasteiger partial charge < -0.3 is 10.1 Å². The molecule has 28 heavy (non-hydrogen) atoms. The molecule has 6 heteroatoms. The van der Waals surface area contributed by atoms with Crippen molar-refractivity contribution in [2.75, 3.05) is 13.2 Å². The molecule has 0 saturated heterocycles. The molecule has 5 nitrogen and oxygen atoms in total. The van der Waals surface area contributed by atoms with Crippen LogP contribution in [0, 0.1) is 0 Å². The van der Waals surface area contributed by atoms with Crippen molar-refractivity contribution in [3.63, 3.8) is 0 Å². The van der Waals surface area contributed by atoms with Crippen LogP contribution in [0.15, 0.2) is 41.8 Å². The number of ether oxygens (including phenoxy) is 1. The number of carbonyl (C=O) groups excluding carboxylic acids is 3. The lowest BCUT2D eigenvalue weighted by Gasteiger charge is -2.13. The lowest BCUT2D eigenvalue weighted by atomic mass is 10.1. The molecular weight excluding hydrogens is 374 g/mol. The molecule has 0 saturated carbocycles. The molecule has 1 rings (SSSR count). The third-order valence-corrected chi connectivity index (χ3v) is 4.80. The Bertz CT molecular complexity index is 631. The number of benzene rings is 1. The SMILES string of the molecule is CCCCCCCCNC(=O)C=CSC(=O)C(OCC)C(=O)c1ccccc1. The summed E-state index contributed by atoms with van der Waals surface area (Å²) in [6, 6.07) is 8.58. The van der Waals surface area contributed by atoms with Crippen molar-refractivity contribution < 1.29 is 19.1 Å². The largest absolute Gasteiger partial charge is 0.362 e.